The Labute approximate surface area is 124 Å². The molecular weight excluding hydrogens is 355 g/mol. The maximum Gasteiger partial charge on any atom is 0.192 e. The van der Waals surface area contributed by atoms with Crippen molar-refractivity contribution in [2.45, 2.75) is 19.3 Å². The predicted molar refractivity (Wildman–Crippen MR) is 82.0 cm³/mol. The topological polar surface area (TPSA) is 67.2 Å². The van der Waals surface area contributed by atoms with Gasteiger partial charge in [-0.1, -0.05) is 6.07 Å². The van der Waals surface area contributed by atoms with E-state index in [1.165, 1.54) is 23.7 Å². The molecule has 5 nitrogen and oxygen atoms in total. The Morgan fingerprint density at radius 3 is 2.95 bits per heavy atom. The SMILES string of the molecule is O=Nc1cnc(I)nc1Nc1ccc2c(c1)CCC2. The molecule has 0 saturated carbocycles. The average Bonchev–Trinajstić information content (AvgIpc) is 2.86. The molecule has 3 rings (SSSR count). The number of aryl methyl sites for hydroxylation is 2. The van der Waals surface area contributed by atoms with Crippen LogP contribution in [0.15, 0.2) is 29.6 Å². The number of nitrogens with zero attached hydrogens (tertiary/aromatic N) is 3. The van der Waals surface area contributed by atoms with Crippen LogP contribution in [0.25, 0.3) is 0 Å². The van der Waals surface area contributed by atoms with Gasteiger partial charge in [-0.3, -0.25) is 0 Å². The van der Waals surface area contributed by atoms with E-state index >= 15 is 0 Å². The van der Waals surface area contributed by atoms with Gasteiger partial charge in [0.25, 0.3) is 0 Å². The van der Waals surface area contributed by atoms with Gasteiger partial charge in [-0.15, -0.1) is 4.91 Å². The lowest BCUT2D eigenvalue weighted by atomic mass is 10.1. The highest BCUT2D eigenvalue weighted by molar-refractivity contribution is 14.1. The molecule has 1 aromatic heterocycles. The summed E-state index contributed by atoms with van der Waals surface area (Å²) in [7, 11) is 0. The first-order chi connectivity index (χ1) is 9.26. The lowest BCUT2D eigenvalue weighted by Gasteiger charge is -2.08. The summed E-state index contributed by atoms with van der Waals surface area (Å²) in [6, 6.07) is 6.25. The van der Waals surface area contributed by atoms with Gasteiger partial charge in [0.1, 0.15) is 0 Å². The highest BCUT2D eigenvalue weighted by Crippen LogP contribution is 2.29. The van der Waals surface area contributed by atoms with Crippen molar-refractivity contribution >= 4 is 39.8 Å². The number of fused-ring (bicyclic) bond motifs is 1. The van der Waals surface area contributed by atoms with Crippen molar-refractivity contribution in [1.29, 1.82) is 0 Å². The molecule has 0 aliphatic heterocycles. The van der Waals surface area contributed by atoms with E-state index in [4.69, 9.17) is 0 Å². The van der Waals surface area contributed by atoms with Crippen molar-refractivity contribution < 1.29 is 0 Å². The molecule has 6 heteroatoms. The molecule has 0 amide bonds. The Morgan fingerprint density at radius 2 is 2.11 bits per heavy atom. The fraction of sp³-hybridized carbons (Fsp3) is 0.231. The van der Waals surface area contributed by atoms with Gasteiger partial charge >= 0.3 is 0 Å². The summed E-state index contributed by atoms with van der Waals surface area (Å²) in [6.45, 7) is 0. The highest BCUT2D eigenvalue weighted by atomic mass is 127. The zero-order valence-electron chi connectivity index (χ0n) is 10.1. The molecule has 96 valence electrons. The molecule has 19 heavy (non-hydrogen) atoms. The third kappa shape index (κ3) is 2.58. The zero-order valence-corrected chi connectivity index (χ0v) is 12.2. The van der Waals surface area contributed by atoms with Gasteiger partial charge in [0, 0.05) is 28.3 Å². The lowest BCUT2D eigenvalue weighted by molar-refractivity contribution is 0.912. The molecule has 0 atom stereocenters. The molecule has 1 aromatic carbocycles. The molecule has 2 aromatic rings. The molecular formula is C13H11IN4O. The third-order valence-electron chi connectivity index (χ3n) is 3.20. The van der Waals surface area contributed by atoms with Crippen molar-refractivity contribution in [2.24, 2.45) is 5.18 Å². The van der Waals surface area contributed by atoms with E-state index in [2.05, 4.69) is 32.6 Å². The number of halogens is 1. The quantitative estimate of drug-likeness (QED) is 0.511. The van der Waals surface area contributed by atoms with Crippen LogP contribution in [0.4, 0.5) is 17.2 Å². The Morgan fingerprint density at radius 1 is 1.26 bits per heavy atom. The normalized spacial score (nSPS) is 13.1. The first-order valence-electron chi connectivity index (χ1n) is 6.01. The van der Waals surface area contributed by atoms with Crippen LogP contribution < -0.4 is 5.32 Å². The van der Waals surface area contributed by atoms with Crippen LogP contribution in [0.5, 0.6) is 0 Å². The van der Waals surface area contributed by atoms with Crippen LogP contribution in [0.2, 0.25) is 0 Å². The van der Waals surface area contributed by atoms with Gasteiger partial charge in [-0.25, -0.2) is 9.97 Å². The standard InChI is InChI=1S/C13H11IN4O/c14-13-15-7-11(18-19)12(17-13)16-10-5-4-8-2-1-3-9(8)6-10/h4-7H,1-3H2,(H,15,16,17). The number of hydrogen-bond acceptors (Lipinski definition) is 5. The van der Waals surface area contributed by atoms with Crippen molar-refractivity contribution in [1.82, 2.24) is 9.97 Å². The molecule has 0 fully saturated rings. The van der Waals surface area contributed by atoms with Crippen LogP contribution in [0, 0.1) is 8.74 Å². The number of benzene rings is 1. The summed E-state index contributed by atoms with van der Waals surface area (Å²) in [6.07, 6.45) is 4.91. The highest BCUT2D eigenvalue weighted by Gasteiger charge is 2.12. The second kappa shape index (κ2) is 5.20. The second-order valence-corrected chi connectivity index (χ2v) is 5.39. The number of hydrogen-bond donors (Lipinski definition) is 1. The van der Waals surface area contributed by atoms with Gasteiger partial charge in [0.15, 0.2) is 15.3 Å². The van der Waals surface area contributed by atoms with E-state index in [9.17, 15) is 4.91 Å². The summed E-state index contributed by atoms with van der Waals surface area (Å²) in [5, 5.41) is 6.08. The smallest absolute Gasteiger partial charge is 0.192 e. The van der Waals surface area contributed by atoms with Gasteiger partial charge in [-0.05, 0) is 47.7 Å². The Bertz CT molecular complexity index is 645. The fourth-order valence-electron chi connectivity index (χ4n) is 2.30. The van der Waals surface area contributed by atoms with E-state index in [0.717, 1.165) is 18.5 Å². The monoisotopic (exact) mass is 366 g/mol. The summed E-state index contributed by atoms with van der Waals surface area (Å²) in [5.74, 6) is 0.451. The van der Waals surface area contributed by atoms with E-state index in [0.29, 0.717) is 9.65 Å². The largest absolute Gasteiger partial charge is 0.338 e. The Hall–Kier alpha value is -1.57. The van der Waals surface area contributed by atoms with Crippen molar-refractivity contribution in [3.8, 4) is 0 Å². The minimum absolute atomic E-state index is 0.223. The third-order valence-corrected chi connectivity index (χ3v) is 3.72. The molecule has 1 heterocycles. The summed E-state index contributed by atoms with van der Waals surface area (Å²) >= 11 is 2.00. The Balaban J connectivity index is 1.93. The number of anilines is 2. The minimum atomic E-state index is 0.223. The maximum absolute atomic E-state index is 10.7. The lowest BCUT2D eigenvalue weighted by Crippen LogP contribution is -1.98. The number of rotatable bonds is 3. The first-order valence-corrected chi connectivity index (χ1v) is 7.09. The molecule has 0 saturated heterocycles. The second-order valence-electron chi connectivity index (χ2n) is 4.43. The number of nitroso groups, excluding NO2 is 1. The molecule has 0 spiro atoms. The number of aromatic nitrogens is 2. The van der Waals surface area contributed by atoms with Crippen molar-refractivity contribution in [3.63, 3.8) is 0 Å². The van der Waals surface area contributed by atoms with Crippen LogP contribution in [0.1, 0.15) is 17.5 Å². The van der Waals surface area contributed by atoms with Crippen LogP contribution in [-0.4, -0.2) is 9.97 Å². The van der Waals surface area contributed by atoms with Gasteiger partial charge in [-0.2, -0.15) is 0 Å². The zero-order chi connectivity index (χ0) is 13.2. The summed E-state index contributed by atoms with van der Waals surface area (Å²) in [5.41, 5.74) is 3.94. The molecule has 0 bridgehead atoms. The maximum atomic E-state index is 10.7. The van der Waals surface area contributed by atoms with Crippen molar-refractivity contribution in [2.75, 3.05) is 5.32 Å². The average molecular weight is 366 g/mol. The summed E-state index contributed by atoms with van der Waals surface area (Å²) in [4.78, 5) is 18.9. The first kappa shape index (κ1) is 12.5. The van der Waals surface area contributed by atoms with Gasteiger partial charge < -0.3 is 5.32 Å². The van der Waals surface area contributed by atoms with E-state index < -0.39 is 0 Å². The molecule has 1 N–H and O–H groups in total. The minimum Gasteiger partial charge on any atom is -0.338 e. The fourth-order valence-corrected chi connectivity index (χ4v) is 2.68. The van der Waals surface area contributed by atoms with Crippen LogP contribution >= 0.6 is 22.6 Å². The van der Waals surface area contributed by atoms with E-state index in [-0.39, 0.29) is 5.69 Å². The van der Waals surface area contributed by atoms with Crippen LogP contribution in [0.3, 0.4) is 0 Å². The summed E-state index contributed by atoms with van der Waals surface area (Å²) < 4.78 is 0.577. The molecule has 0 radical (unpaired) electrons. The van der Waals surface area contributed by atoms with Gasteiger partial charge in [0.05, 0.1) is 6.20 Å². The van der Waals surface area contributed by atoms with E-state index in [1.54, 1.807) is 0 Å². The molecule has 1 aliphatic rings. The molecule has 0 unspecified atom stereocenters. The number of nitrogens with one attached hydrogen (secondary N) is 1. The Kier molecular flexibility index (Phi) is 3.41. The predicted octanol–water partition coefficient (Wildman–Crippen LogP) is 3.71. The molecule has 1 aliphatic carbocycles. The van der Waals surface area contributed by atoms with Crippen molar-refractivity contribution in [3.05, 3.63) is 44.3 Å². The van der Waals surface area contributed by atoms with Crippen LogP contribution in [-0.2, 0) is 12.8 Å². The van der Waals surface area contributed by atoms with E-state index in [1.807, 2.05) is 28.7 Å². The van der Waals surface area contributed by atoms with Gasteiger partial charge in [0.2, 0.25) is 0 Å².